The molecule has 1 aliphatic heterocycles. The summed E-state index contributed by atoms with van der Waals surface area (Å²) in [5, 5.41) is 2.59. The van der Waals surface area contributed by atoms with Gasteiger partial charge in [0.15, 0.2) is 5.13 Å². The molecule has 0 aliphatic carbocycles. The lowest BCUT2D eigenvalue weighted by Gasteiger charge is -2.22. The molecular weight excluding hydrogens is 452 g/mol. The highest BCUT2D eigenvalue weighted by molar-refractivity contribution is 9.10. The van der Waals surface area contributed by atoms with Crippen molar-refractivity contribution < 1.29 is 14.3 Å². The molecule has 0 radical (unpaired) electrons. The van der Waals surface area contributed by atoms with Crippen LogP contribution < -0.4 is 4.90 Å². The smallest absolute Gasteiger partial charge is 0.416 e. The van der Waals surface area contributed by atoms with Gasteiger partial charge in [-0.2, -0.15) is 0 Å². The van der Waals surface area contributed by atoms with Crippen LogP contribution in [-0.4, -0.2) is 30.3 Å². The van der Waals surface area contributed by atoms with Gasteiger partial charge < -0.3 is 9.47 Å². The van der Waals surface area contributed by atoms with Gasteiger partial charge in [0.25, 0.3) is 0 Å². The predicted octanol–water partition coefficient (Wildman–Crippen LogP) is 5.89. The van der Waals surface area contributed by atoms with Gasteiger partial charge in [0.2, 0.25) is 0 Å². The van der Waals surface area contributed by atoms with Crippen molar-refractivity contribution in [3.63, 3.8) is 0 Å². The van der Waals surface area contributed by atoms with Gasteiger partial charge in [-0.15, -0.1) is 11.3 Å². The lowest BCUT2D eigenvalue weighted by atomic mass is 10.2. The predicted molar refractivity (Wildman–Crippen MR) is 118 cm³/mol. The first kappa shape index (κ1) is 20.1. The van der Waals surface area contributed by atoms with E-state index in [0.29, 0.717) is 11.7 Å². The molecule has 1 amide bonds. The number of carbonyl (C=O) groups excluding carboxylic acids is 1. The van der Waals surface area contributed by atoms with E-state index < -0.39 is 6.09 Å². The Hall–Kier alpha value is -2.22. The molecule has 0 saturated carbocycles. The molecule has 3 aromatic rings. The maximum Gasteiger partial charge on any atom is 0.416 e. The van der Waals surface area contributed by atoms with Crippen LogP contribution in [0.1, 0.15) is 18.4 Å². The van der Waals surface area contributed by atoms with E-state index in [-0.39, 0.29) is 12.7 Å². The monoisotopic (exact) mass is 472 g/mol. The fourth-order valence-corrected chi connectivity index (χ4v) is 4.26. The van der Waals surface area contributed by atoms with Crippen molar-refractivity contribution >= 4 is 38.5 Å². The Morgan fingerprint density at radius 2 is 2.00 bits per heavy atom. The van der Waals surface area contributed by atoms with Crippen LogP contribution in [0.4, 0.5) is 9.93 Å². The summed E-state index contributed by atoms with van der Waals surface area (Å²) in [6, 6.07) is 17.6. The molecule has 1 fully saturated rings. The molecule has 1 aliphatic rings. The molecule has 0 N–H and O–H groups in total. The van der Waals surface area contributed by atoms with Gasteiger partial charge in [0, 0.05) is 22.0 Å². The Labute approximate surface area is 182 Å². The summed E-state index contributed by atoms with van der Waals surface area (Å²) in [6.45, 7) is 1.41. The van der Waals surface area contributed by atoms with Crippen molar-refractivity contribution in [1.29, 1.82) is 0 Å². The van der Waals surface area contributed by atoms with Crippen LogP contribution in [0.3, 0.4) is 0 Å². The first-order valence-corrected chi connectivity index (χ1v) is 11.2. The van der Waals surface area contributed by atoms with Crippen molar-refractivity contribution in [1.82, 2.24) is 4.98 Å². The standard InChI is InChI=1S/C22H21BrN2O3S/c23-18-10-8-17(9-11-18)20-15-29-21(24-20)25(13-19-7-4-12-27-19)22(26)28-14-16-5-2-1-3-6-16/h1-3,5-6,8-11,15,19H,4,7,12-14H2. The summed E-state index contributed by atoms with van der Waals surface area (Å²) in [5.41, 5.74) is 2.80. The molecule has 4 rings (SSSR count). The molecule has 29 heavy (non-hydrogen) atoms. The number of rotatable bonds is 6. The van der Waals surface area contributed by atoms with E-state index >= 15 is 0 Å². The highest BCUT2D eigenvalue weighted by Crippen LogP contribution is 2.30. The zero-order valence-corrected chi connectivity index (χ0v) is 18.2. The minimum absolute atomic E-state index is 0.0132. The second-order valence-corrected chi connectivity index (χ2v) is 8.56. The van der Waals surface area contributed by atoms with E-state index in [9.17, 15) is 4.79 Å². The van der Waals surface area contributed by atoms with E-state index in [2.05, 4.69) is 15.9 Å². The number of aromatic nitrogens is 1. The Bertz CT molecular complexity index is 940. The van der Waals surface area contributed by atoms with Crippen molar-refractivity contribution in [3.8, 4) is 11.3 Å². The van der Waals surface area contributed by atoms with E-state index in [1.54, 1.807) is 4.90 Å². The molecule has 0 spiro atoms. The molecule has 1 atom stereocenters. The summed E-state index contributed by atoms with van der Waals surface area (Å²) < 4.78 is 12.3. The fraction of sp³-hybridized carbons (Fsp3) is 0.273. The number of hydrogen-bond acceptors (Lipinski definition) is 5. The Morgan fingerprint density at radius 3 is 2.72 bits per heavy atom. The van der Waals surface area contributed by atoms with Gasteiger partial charge >= 0.3 is 6.09 Å². The molecule has 2 heterocycles. The summed E-state index contributed by atoms with van der Waals surface area (Å²) in [7, 11) is 0. The number of benzene rings is 2. The van der Waals surface area contributed by atoms with Crippen LogP contribution in [0.15, 0.2) is 64.5 Å². The van der Waals surface area contributed by atoms with Crippen LogP contribution in [0, 0.1) is 0 Å². The largest absolute Gasteiger partial charge is 0.444 e. The van der Waals surface area contributed by atoms with E-state index in [1.165, 1.54) is 11.3 Å². The molecule has 1 aromatic heterocycles. The third-order valence-electron chi connectivity index (χ3n) is 4.70. The Kier molecular flexibility index (Phi) is 6.59. The second-order valence-electron chi connectivity index (χ2n) is 6.81. The van der Waals surface area contributed by atoms with E-state index in [4.69, 9.17) is 14.5 Å². The molecular formula is C22H21BrN2O3S. The number of anilines is 1. The minimum Gasteiger partial charge on any atom is -0.444 e. The van der Waals surface area contributed by atoms with Gasteiger partial charge in [-0.3, -0.25) is 4.90 Å². The van der Waals surface area contributed by atoms with Crippen LogP contribution in [0.25, 0.3) is 11.3 Å². The topological polar surface area (TPSA) is 51.7 Å². The normalized spacial score (nSPS) is 16.0. The van der Waals surface area contributed by atoms with Crippen LogP contribution in [-0.2, 0) is 16.1 Å². The average molecular weight is 473 g/mol. The molecule has 1 saturated heterocycles. The zero-order valence-electron chi connectivity index (χ0n) is 15.8. The molecule has 0 bridgehead atoms. The van der Waals surface area contributed by atoms with Crippen molar-refractivity contribution in [2.45, 2.75) is 25.6 Å². The third-order valence-corrected chi connectivity index (χ3v) is 6.09. The van der Waals surface area contributed by atoms with Gasteiger partial charge in [-0.1, -0.05) is 58.4 Å². The van der Waals surface area contributed by atoms with Crippen molar-refractivity contribution in [2.24, 2.45) is 0 Å². The highest BCUT2D eigenvalue weighted by atomic mass is 79.9. The first-order chi connectivity index (χ1) is 14.2. The number of amides is 1. The number of nitrogens with zero attached hydrogens (tertiary/aromatic N) is 2. The molecule has 5 nitrogen and oxygen atoms in total. The van der Waals surface area contributed by atoms with E-state index in [0.717, 1.165) is 40.7 Å². The molecule has 150 valence electrons. The van der Waals surface area contributed by atoms with Crippen molar-refractivity contribution in [3.05, 3.63) is 70.0 Å². The van der Waals surface area contributed by atoms with E-state index in [1.807, 2.05) is 60.0 Å². The quantitative estimate of drug-likeness (QED) is 0.448. The lowest BCUT2D eigenvalue weighted by molar-refractivity contribution is 0.108. The first-order valence-electron chi connectivity index (χ1n) is 9.50. The van der Waals surface area contributed by atoms with Crippen LogP contribution in [0.2, 0.25) is 0 Å². The molecule has 7 heteroatoms. The lowest BCUT2D eigenvalue weighted by Crippen LogP contribution is -2.37. The number of carbonyl (C=O) groups is 1. The van der Waals surface area contributed by atoms with Crippen LogP contribution in [0.5, 0.6) is 0 Å². The third kappa shape index (κ3) is 5.23. The Morgan fingerprint density at radius 1 is 1.21 bits per heavy atom. The second kappa shape index (κ2) is 9.52. The minimum atomic E-state index is -0.402. The number of thiazole rings is 1. The average Bonchev–Trinajstić information content (AvgIpc) is 3.44. The van der Waals surface area contributed by atoms with Gasteiger partial charge in [-0.25, -0.2) is 9.78 Å². The molecule has 1 unspecified atom stereocenters. The molecule has 2 aromatic carbocycles. The highest BCUT2D eigenvalue weighted by Gasteiger charge is 2.27. The number of halogens is 1. The summed E-state index contributed by atoms with van der Waals surface area (Å²) in [6.07, 6.45) is 1.56. The van der Waals surface area contributed by atoms with Gasteiger partial charge in [-0.05, 0) is 30.5 Å². The van der Waals surface area contributed by atoms with Gasteiger partial charge in [0.1, 0.15) is 6.61 Å². The number of ether oxygens (including phenoxy) is 2. The zero-order chi connectivity index (χ0) is 20.1. The SMILES string of the molecule is O=C(OCc1ccccc1)N(CC1CCCO1)c1nc(-c2ccc(Br)cc2)cs1. The maximum absolute atomic E-state index is 12.9. The van der Waals surface area contributed by atoms with Crippen LogP contribution >= 0.6 is 27.3 Å². The Balaban J connectivity index is 1.51. The maximum atomic E-state index is 12.9. The van der Waals surface area contributed by atoms with Gasteiger partial charge in [0.05, 0.1) is 18.3 Å². The fourth-order valence-electron chi connectivity index (χ4n) is 3.16. The summed E-state index contributed by atoms with van der Waals surface area (Å²) in [4.78, 5) is 19.2. The summed E-state index contributed by atoms with van der Waals surface area (Å²) in [5.74, 6) is 0. The summed E-state index contributed by atoms with van der Waals surface area (Å²) >= 11 is 4.89. The van der Waals surface area contributed by atoms with Crippen molar-refractivity contribution in [2.75, 3.05) is 18.1 Å². The number of hydrogen-bond donors (Lipinski definition) is 0.